The Balaban J connectivity index is 1.74. The zero-order valence-electron chi connectivity index (χ0n) is 12.2. The number of nitrogens with zero attached hydrogens (tertiary/aromatic N) is 3. The first-order valence-corrected chi connectivity index (χ1v) is 7.38. The normalized spacial score (nSPS) is 15.2. The number of aryl methyl sites for hydroxylation is 1. The molecule has 0 aliphatic carbocycles. The fourth-order valence-electron chi connectivity index (χ4n) is 2.60. The van der Waals surface area contributed by atoms with E-state index in [9.17, 15) is 4.79 Å². The van der Waals surface area contributed by atoms with Crippen LogP contribution >= 0.6 is 0 Å². The molecule has 0 atom stereocenters. The summed E-state index contributed by atoms with van der Waals surface area (Å²) in [7, 11) is 0. The molecule has 110 valence electrons. The summed E-state index contributed by atoms with van der Waals surface area (Å²) in [5, 5.41) is 0. The minimum absolute atomic E-state index is 0.142. The molecule has 1 aliphatic rings. The predicted octanol–water partition coefficient (Wildman–Crippen LogP) is 2.60. The molecule has 0 N–H and O–H groups in total. The lowest BCUT2D eigenvalue weighted by Crippen LogP contribution is -2.36. The fraction of sp³-hybridized carbons (Fsp3) is 0.438. The number of oxazole rings is 1. The van der Waals surface area contributed by atoms with Gasteiger partial charge < -0.3 is 9.32 Å². The summed E-state index contributed by atoms with van der Waals surface area (Å²) in [6, 6.07) is 3.74. The predicted molar refractivity (Wildman–Crippen MR) is 78.6 cm³/mol. The van der Waals surface area contributed by atoms with E-state index in [1.54, 1.807) is 12.4 Å². The third kappa shape index (κ3) is 3.12. The summed E-state index contributed by atoms with van der Waals surface area (Å²) >= 11 is 0. The van der Waals surface area contributed by atoms with Crippen molar-refractivity contribution in [2.24, 2.45) is 0 Å². The van der Waals surface area contributed by atoms with Gasteiger partial charge in [-0.2, -0.15) is 0 Å². The van der Waals surface area contributed by atoms with Crippen LogP contribution in [0.15, 0.2) is 28.9 Å². The minimum atomic E-state index is 0.142. The summed E-state index contributed by atoms with van der Waals surface area (Å²) in [6.07, 6.45) is 7.16. The number of pyridine rings is 1. The highest BCUT2D eigenvalue weighted by atomic mass is 16.4. The van der Waals surface area contributed by atoms with E-state index in [-0.39, 0.29) is 5.91 Å². The zero-order chi connectivity index (χ0) is 14.7. The van der Waals surface area contributed by atoms with Crippen molar-refractivity contribution in [3.63, 3.8) is 0 Å². The van der Waals surface area contributed by atoms with Crippen LogP contribution < -0.4 is 0 Å². The minimum Gasteiger partial charge on any atom is -0.441 e. The molecule has 21 heavy (non-hydrogen) atoms. The van der Waals surface area contributed by atoms with Crippen LogP contribution in [0, 0.1) is 6.92 Å². The molecular formula is C16H19N3O2. The Bertz CT molecular complexity index is 616. The number of aromatic nitrogens is 2. The third-order valence-corrected chi connectivity index (χ3v) is 3.83. The van der Waals surface area contributed by atoms with Crippen LogP contribution in [-0.2, 0) is 11.2 Å². The number of carbonyl (C=O) groups excluding carboxylic acids is 1. The van der Waals surface area contributed by atoms with Crippen molar-refractivity contribution in [2.45, 2.75) is 32.6 Å². The maximum Gasteiger partial charge on any atom is 0.228 e. The second-order valence-corrected chi connectivity index (χ2v) is 5.38. The first-order valence-electron chi connectivity index (χ1n) is 7.38. The van der Waals surface area contributed by atoms with Gasteiger partial charge in [-0.15, -0.1) is 0 Å². The molecule has 0 spiro atoms. The largest absolute Gasteiger partial charge is 0.441 e. The van der Waals surface area contributed by atoms with E-state index < -0.39 is 0 Å². The number of hydrogen-bond acceptors (Lipinski definition) is 4. The Morgan fingerprint density at radius 2 is 2.14 bits per heavy atom. The number of rotatable bonds is 3. The van der Waals surface area contributed by atoms with Crippen LogP contribution in [0.5, 0.6) is 0 Å². The van der Waals surface area contributed by atoms with Gasteiger partial charge in [0, 0.05) is 25.5 Å². The number of amides is 1. The van der Waals surface area contributed by atoms with Crippen molar-refractivity contribution in [3.05, 3.63) is 36.0 Å². The van der Waals surface area contributed by atoms with Crippen molar-refractivity contribution in [1.29, 1.82) is 0 Å². The molecule has 0 unspecified atom stereocenters. The second kappa shape index (κ2) is 6.08. The monoisotopic (exact) mass is 285 g/mol. The van der Waals surface area contributed by atoms with E-state index in [0.29, 0.717) is 18.1 Å². The molecule has 2 aromatic rings. The maximum atomic E-state index is 12.3. The van der Waals surface area contributed by atoms with Gasteiger partial charge in [0.2, 0.25) is 11.8 Å². The molecule has 2 aromatic heterocycles. The van der Waals surface area contributed by atoms with Crippen molar-refractivity contribution in [3.8, 4) is 11.5 Å². The average molecular weight is 285 g/mol. The van der Waals surface area contributed by atoms with Crippen molar-refractivity contribution in [1.82, 2.24) is 14.9 Å². The molecule has 5 nitrogen and oxygen atoms in total. The van der Waals surface area contributed by atoms with Crippen molar-refractivity contribution >= 4 is 5.91 Å². The highest BCUT2D eigenvalue weighted by molar-refractivity contribution is 5.78. The Hall–Kier alpha value is -2.17. The summed E-state index contributed by atoms with van der Waals surface area (Å²) in [5.41, 5.74) is 1.56. The number of hydrogen-bond donors (Lipinski definition) is 0. The van der Waals surface area contributed by atoms with E-state index >= 15 is 0 Å². The second-order valence-electron chi connectivity index (χ2n) is 5.38. The lowest BCUT2D eigenvalue weighted by atomic mass is 10.1. The Morgan fingerprint density at radius 3 is 2.86 bits per heavy atom. The molecule has 5 heteroatoms. The van der Waals surface area contributed by atoms with Crippen LogP contribution in [-0.4, -0.2) is 33.9 Å². The zero-order valence-corrected chi connectivity index (χ0v) is 12.2. The highest BCUT2D eigenvalue weighted by Gasteiger charge is 2.20. The summed E-state index contributed by atoms with van der Waals surface area (Å²) in [4.78, 5) is 22.7. The maximum absolute atomic E-state index is 12.3. The Labute approximate surface area is 124 Å². The van der Waals surface area contributed by atoms with Crippen LogP contribution in [0.3, 0.4) is 0 Å². The highest BCUT2D eigenvalue weighted by Crippen LogP contribution is 2.21. The Kier molecular flexibility index (Phi) is 3.99. The standard InChI is InChI=1S/C16H19N3O2/c1-12-14(10-15(20)19-8-3-2-4-9-19)18-16(21-12)13-6-5-7-17-11-13/h5-7,11H,2-4,8-10H2,1H3. The molecule has 1 saturated heterocycles. The topological polar surface area (TPSA) is 59.2 Å². The van der Waals surface area contributed by atoms with Gasteiger partial charge in [0.25, 0.3) is 0 Å². The van der Waals surface area contributed by atoms with Gasteiger partial charge in [0.15, 0.2) is 0 Å². The van der Waals surface area contributed by atoms with Gasteiger partial charge in [-0.25, -0.2) is 4.98 Å². The van der Waals surface area contributed by atoms with Gasteiger partial charge in [-0.05, 0) is 38.3 Å². The molecular weight excluding hydrogens is 266 g/mol. The van der Waals surface area contributed by atoms with Gasteiger partial charge in [-0.1, -0.05) is 0 Å². The molecule has 1 amide bonds. The summed E-state index contributed by atoms with van der Waals surface area (Å²) < 4.78 is 5.67. The lowest BCUT2D eigenvalue weighted by Gasteiger charge is -2.26. The van der Waals surface area contributed by atoms with Crippen LogP contribution in [0.25, 0.3) is 11.5 Å². The molecule has 0 radical (unpaired) electrons. The Morgan fingerprint density at radius 1 is 1.33 bits per heavy atom. The van der Waals surface area contributed by atoms with Gasteiger partial charge >= 0.3 is 0 Å². The van der Waals surface area contributed by atoms with Gasteiger partial charge in [0.05, 0.1) is 17.7 Å². The van der Waals surface area contributed by atoms with Gasteiger partial charge in [0.1, 0.15) is 5.76 Å². The third-order valence-electron chi connectivity index (χ3n) is 3.83. The molecule has 1 fully saturated rings. The van der Waals surface area contributed by atoms with E-state index in [0.717, 1.165) is 37.2 Å². The van der Waals surface area contributed by atoms with Crippen molar-refractivity contribution in [2.75, 3.05) is 13.1 Å². The lowest BCUT2D eigenvalue weighted by molar-refractivity contribution is -0.131. The number of carbonyl (C=O) groups is 1. The number of likely N-dealkylation sites (tertiary alicyclic amines) is 1. The first-order chi connectivity index (χ1) is 10.2. The summed E-state index contributed by atoms with van der Waals surface area (Å²) in [5.74, 6) is 1.38. The molecule has 1 aliphatic heterocycles. The molecule has 0 bridgehead atoms. The van der Waals surface area contributed by atoms with Crippen LogP contribution in [0.1, 0.15) is 30.7 Å². The van der Waals surface area contributed by atoms with Crippen molar-refractivity contribution < 1.29 is 9.21 Å². The molecule has 3 heterocycles. The molecule has 3 rings (SSSR count). The SMILES string of the molecule is Cc1oc(-c2cccnc2)nc1CC(=O)N1CCCCC1. The number of piperidine rings is 1. The van der Waals surface area contributed by atoms with Gasteiger partial charge in [-0.3, -0.25) is 9.78 Å². The smallest absolute Gasteiger partial charge is 0.228 e. The van der Waals surface area contributed by atoms with Crippen LogP contribution in [0.4, 0.5) is 0 Å². The fourth-order valence-corrected chi connectivity index (χ4v) is 2.60. The van der Waals surface area contributed by atoms with Crippen LogP contribution in [0.2, 0.25) is 0 Å². The molecule has 0 aromatic carbocycles. The summed E-state index contributed by atoms with van der Waals surface area (Å²) in [6.45, 7) is 3.59. The molecule has 0 saturated carbocycles. The first kappa shape index (κ1) is 13.8. The van der Waals surface area contributed by atoms with E-state index in [4.69, 9.17) is 4.42 Å². The van der Waals surface area contributed by atoms with E-state index in [2.05, 4.69) is 9.97 Å². The van der Waals surface area contributed by atoms with E-state index in [1.165, 1.54) is 6.42 Å². The quantitative estimate of drug-likeness (QED) is 0.869. The average Bonchev–Trinajstić information content (AvgIpc) is 2.90. The van der Waals surface area contributed by atoms with E-state index in [1.807, 2.05) is 24.0 Å².